The molecular weight excluding hydrogens is 356 g/mol. The molecule has 8 nitrogen and oxygen atoms in total. The van der Waals surface area contributed by atoms with Gasteiger partial charge in [0.2, 0.25) is 5.95 Å². The molecule has 148 valence electrons. The molecule has 0 bridgehead atoms. The van der Waals surface area contributed by atoms with Gasteiger partial charge in [-0.25, -0.2) is 10.2 Å². The van der Waals surface area contributed by atoms with Crippen LogP contribution in [0.4, 0.5) is 5.95 Å². The van der Waals surface area contributed by atoms with Gasteiger partial charge in [0.15, 0.2) is 11.2 Å². The molecule has 0 radical (unpaired) electrons. The molecule has 0 saturated heterocycles. The number of aromatic nitrogens is 4. The number of hydrogen-bond acceptors (Lipinski definition) is 5. The first-order valence-electron chi connectivity index (χ1n) is 9.58. The molecular formula is C20H26N6O2. The number of rotatable bonds is 8. The summed E-state index contributed by atoms with van der Waals surface area (Å²) in [6.45, 7) is 4.68. The number of unbranched alkanes of at least 4 members (excludes halogenated alkanes) is 3. The number of anilines is 1. The van der Waals surface area contributed by atoms with E-state index in [9.17, 15) is 9.59 Å². The summed E-state index contributed by atoms with van der Waals surface area (Å²) in [5, 5.41) is 4.43. The van der Waals surface area contributed by atoms with E-state index in [1.807, 2.05) is 41.8 Å². The van der Waals surface area contributed by atoms with Gasteiger partial charge in [-0.3, -0.25) is 14.3 Å². The highest BCUT2D eigenvalue weighted by atomic mass is 16.2. The van der Waals surface area contributed by atoms with Crippen molar-refractivity contribution in [2.75, 3.05) is 5.43 Å². The predicted octanol–water partition coefficient (Wildman–Crippen LogP) is 2.84. The number of imidazole rings is 1. The third-order valence-corrected chi connectivity index (χ3v) is 4.76. The first kappa shape index (κ1) is 19.6. The smallest absolute Gasteiger partial charge is 0.303 e. The number of aromatic amines is 1. The van der Waals surface area contributed by atoms with Crippen LogP contribution in [0.1, 0.15) is 45.1 Å². The highest BCUT2D eigenvalue weighted by molar-refractivity contribution is 5.99. The molecule has 0 aliphatic carbocycles. The molecule has 0 amide bonds. The van der Waals surface area contributed by atoms with Crippen LogP contribution in [-0.2, 0) is 13.6 Å². The van der Waals surface area contributed by atoms with E-state index in [-0.39, 0.29) is 0 Å². The summed E-state index contributed by atoms with van der Waals surface area (Å²) in [5.41, 5.74) is 4.59. The predicted molar refractivity (Wildman–Crippen MR) is 112 cm³/mol. The molecule has 2 N–H and O–H groups in total. The van der Waals surface area contributed by atoms with Crippen LogP contribution >= 0.6 is 0 Å². The number of H-pyrrole nitrogens is 1. The molecule has 0 fully saturated rings. The van der Waals surface area contributed by atoms with Crippen LogP contribution in [-0.4, -0.2) is 24.8 Å². The van der Waals surface area contributed by atoms with Gasteiger partial charge in [0.25, 0.3) is 5.56 Å². The van der Waals surface area contributed by atoms with Crippen LogP contribution in [0.3, 0.4) is 0 Å². The molecule has 0 aliphatic rings. The number of fused-ring (bicyclic) bond motifs is 1. The topological polar surface area (TPSA) is 97.1 Å². The molecule has 1 aromatic carbocycles. The Balaban J connectivity index is 2.00. The van der Waals surface area contributed by atoms with Gasteiger partial charge in [-0.15, -0.1) is 0 Å². The lowest BCUT2D eigenvalue weighted by Gasteiger charge is -2.08. The number of aryl methyl sites for hydroxylation is 2. The van der Waals surface area contributed by atoms with Gasteiger partial charge in [-0.1, -0.05) is 56.5 Å². The summed E-state index contributed by atoms with van der Waals surface area (Å²) < 4.78 is 3.16. The standard InChI is InChI=1S/C20H26N6O2/c1-4-5-6-10-13-26-16-17(25(3)20(28)22-18(16)27)21-19(26)24-23-14(2)15-11-8-7-9-12-15/h7-9,11-12H,4-6,10,13H2,1-3H3,(H,21,24)(H,22,27,28). The zero-order valence-corrected chi connectivity index (χ0v) is 16.5. The Labute approximate surface area is 162 Å². The fourth-order valence-corrected chi connectivity index (χ4v) is 3.11. The van der Waals surface area contributed by atoms with Crippen molar-refractivity contribution in [2.45, 2.75) is 46.1 Å². The maximum absolute atomic E-state index is 12.4. The molecule has 28 heavy (non-hydrogen) atoms. The van der Waals surface area contributed by atoms with Crippen molar-refractivity contribution in [3.8, 4) is 0 Å². The van der Waals surface area contributed by atoms with Crippen molar-refractivity contribution in [3.63, 3.8) is 0 Å². The van der Waals surface area contributed by atoms with E-state index in [1.165, 1.54) is 4.57 Å². The summed E-state index contributed by atoms with van der Waals surface area (Å²) in [7, 11) is 1.59. The van der Waals surface area contributed by atoms with Crippen molar-refractivity contribution < 1.29 is 0 Å². The first-order chi connectivity index (χ1) is 13.5. The SMILES string of the molecule is CCCCCCn1c(NN=C(C)c2ccccc2)nc2c1c(=O)[nH]c(=O)n2C. The summed E-state index contributed by atoms with van der Waals surface area (Å²) in [6.07, 6.45) is 4.24. The van der Waals surface area contributed by atoms with E-state index >= 15 is 0 Å². The van der Waals surface area contributed by atoms with Gasteiger partial charge in [0.05, 0.1) is 5.71 Å². The molecule has 3 rings (SSSR count). The monoisotopic (exact) mass is 382 g/mol. The van der Waals surface area contributed by atoms with Crippen LogP contribution in [0.2, 0.25) is 0 Å². The Bertz CT molecular complexity index is 1090. The van der Waals surface area contributed by atoms with Crippen molar-refractivity contribution >= 4 is 22.8 Å². The van der Waals surface area contributed by atoms with E-state index < -0.39 is 11.2 Å². The second-order valence-electron chi connectivity index (χ2n) is 6.81. The largest absolute Gasteiger partial charge is 0.329 e. The molecule has 2 aromatic heterocycles. The number of nitrogens with one attached hydrogen (secondary N) is 2. The molecule has 8 heteroatoms. The summed E-state index contributed by atoms with van der Waals surface area (Å²) in [5.74, 6) is 0.452. The average molecular weight is 382 g/mol. The lowest BCUT2D eigenvalue weighted by molar-refractivity contribution is 0.593. The maximum atomic E-state index is 12.4. The number of nitrogens with zero attached hydrogens (tertiary/aromatic N) is 4. The van der Waals surface area contributed by atoms with Gasteiger partial charge >= 0.3 is 5.69 Å². The molecule has 0 spiro atoms. The molecule has 0 atom stereocenters. The molecule has 0 saturated carbocycles. The second kappa shape index (κ2) is 8.69. The minimum Gasteiger partial charge on any atom is -0.303 e. The Hall–Kier alpha value is -3.16. The lowest BCUT2D eigenvalue weighted by Crippen LogP contribution is -2.29. The van der Waals surface area contributed by atoms with Gasteiger partial charge in [-0.2, -0.15) is 10.1 Å². The summed E-state index contributed by atoms with van der Waals surface area (Å²) >= 11 is 0. The Kier molecular flexibility index (Phi) is 6.08. The Morgan fingerprint density at radius 3 is 2.64 bits per heavy atom. The fraction of sp³-hybridized carbons (Fsp3) is 0.400. The molecule has 0 unspecified atom stereocenters. The van der Waals surface area contributed by atoms with Crippen LogP contribution in [0.15, 0.2) is 45.0 Å². The zero-order chi connectivity index (χ0) is 20.1. The fourth-order valence-electron chi connectivity index (χ4n) is 3.11. The van der Waals surface area contributed by atoms with Crippen LogP contribution in [0.5, 0.6) is 0 Å². The van der Waals surface area contributed by atoms with E-state index in [4.69, 9.17) is 0 Å². The normalized spacial score (nSPS) is 11.9. The van der Waals surface area contributed by atoms with Crippen molar-refractivity contribution in [1.29, 1.82) is 0 Å². The van der Waals surface area contributed by atoms with Crippen molar-refractivity contribution in [1.82, 2.24) is 19.1 Å². The van der Waals surface area contributed by atoms with E-state index in [0.717, 1.165) is 37.0 Å². The number of benzene rings is 1. The highest BCUT2D eigenvalue weighted by Crippen LogP contribution is 2.17. The van der Waals surface area contributed by atoms with Crippen molar-refractivity contribution in [3.05, 3.63) is 56.7 Å². The van der Waals surface area contributed by atoms with Crippen LogP contribution < -0.4 is 16.7 Å². The summed E-state index contributed by atoms with van der Waals surface area (Å²) in [4.78, 5) is 31.2. The Morgan fingerprint density at radius 1 is 1.18 bits per heavy atom. The van der Waals surface area contributed by atoms with E-state index in [1.54, 1.807) is 7.05 Å². The van der Waals surface area contributed by atoms with Gasteiger partial charge in [0.1, 0.15) is 0 Å². The third kappa shape index (κ3) is 4.05. The quantitative estimate of drug-likeness (QED) is 0.356. The minimum atomic E-state index is -0.483. The van der Waals surface area contributed by atoms with E-state index in [0.29, 0.717) is 23.7 Å². The van der Waals surface area contributed by atoms with Gasteiger partial charge in [0, 0.05) is 13.6 Å². The second-order valence-corrected chi connectivity index (χ2v) is 6.81. The van der Waals surface area contributed by atoms with Crippen LogP contribution in [0.25, 0.3) is 11.2 Å². The van der Waals surface area contributed by atoms with Gasteiger partial charge in [-0.05, 0) is 18.9 Å². The minimum absolute atomic E-state index is 0.347. The van der Waals surface area contributed by atoms with Crippen molar-refractivity contribution in [2.24, 2.45) is 12.1 Å². The first-order valence-corrected chi connectivity index (χ1v) is 9.58. The molecule has 2 heterocycles. The van der Waals surface area contributed by atoms with E-state index in [2.05, 4.69) is 27.4 Å². The highest BCUT2D eigenvalue weighted by Gasteiger charge is 2.17. The summed E-state index contributed by atoms with van der Waals surface area (Å²) in [6, 6.07) is 9.80. The van der Waals surface area contributed by atoms with Gasteiger partial charge < -0.3 is 4.57 Å². The Morgan fingerprint density at radius 2 is 1.93 bits per heavy atom. The molecule has 0 aliphatic heterocycles. The zero-order valence-electron chi connectivity index (χ0n) is 16.5. The average Bonchev–Trinajstić information content (AvgIpc) is 3.07. The third-order valence-electron chi connectivity index (χ3n) is 4.76. The number of hydrogen-bond donors (Lipinski definition) is 2. The number of hydrazone groups is 1. The molecule has 3 aromatic rings. The lowest BCUT2D eigenvalue weighted by atomic mass is 10.1. The van der Waals surface area contributed by atoms with Crippen LogP contribution in [0, 0.1) is 0 Å². The maximum Gasteiger partial charge on any atom is 0.329 e.